The minimum atomic E-state index is -4.14. The van der Waals surface area contributed by atoms with Gasteiger partial charge in [0, 0.05) is 60.8 Å². The summed E-state index contributed by atoms with van der Waals surface area (Å²) in [4.78, 5) is 26.9. The lowest BCUT2D eigenvalue weighted by Crippen LogP contribution is -2.38. The second kappa shape index (κ2) is 9.75. The molecule has 2 aliphatic rings. The molecule has 0 saturated carbocycles. The Hall–Kier alpha value is -3.30. The van der Waals surface area contributed by atoms with Crippen molar-refractivity contribution in [2.75, 3.05) is 29.9 Å². The van der Waals surface area contributed by atoms with Gasteiger partial charge in [-0.2, -0.15) is 13.2 Å². The van der Waals surface area contributed by atoms with Crippen molar-refractivity contribution in [3.63, 3.8) is 0 Å². The van der Waals surface area contributed by atoms with Gasteiger partial charge in [0.2, 0.25) is 11.8 Å². The molecule has 2 saturated heterocycles. The molecule has 4 rings (SSSR count). The zero-order chi connectivity index (χ0) is 25.3. The van der Waals surface area contributed by atoms with E-state index in [-0.39, 0.29) is 38.3 Å². The Balaban J connectivity index is 1.39. The number of carbonyl (C=O) groups is 2. The van der Waals surface area contributed by atoms with Crippen LogP contribution in [0.4, 0.5) is 34.6 Å². The molecule has 0 aliphatic carbocycles. The summed E-state index contributed by atoms with van der Waals surface area (Å²) in [6, 6.07) is 10.6. The number of likely N-dealkylation sites (tertiary alicyclic amines) is 1. The summed E-state index contributed by atoms with van der Waals surface area (Å²) in [5.74, 6) is -2.99. The number of nitrogens with two attached hydrogens (primary N) is 1. The summed E-state index contributed by atoms with van der Waals surface area (Å²) in [6.45, 7) is 2.59. The summed E-state index contributed by atoms with van der Waals surface area (Å²) >= 11 is 0. The summed E-state index contributed by atoms with van der Waals surface area (Å²) in [5.41, 5.74) is 8.16. The normalized spacial score (nSPS) is 19.3. The van der Waals surface area contributed by atoms with Gasteiger partial charge in [-0.05, 0) is 50.1 Å². The summed E-state index contributed by atoms with van der Waals surface area (Å²) in [6.07, 6.45) is -3.93. The molecule has 2 fully saturated rings. The molecule has 0 spiro atoms. The molecule has 1 unspecified atom stereocenters. The van der Waals surface area contributed by atoms with E-state index in [1.165, 1.54) is 4.90 Å². The minimum absolute atomic E-state index is 0.0475. The summed E-state index contributed by atoms with van der Waals surface area (Å²) in [7, 11) is 0. The molecule has 2 aromatic carbocycles. The third-order valence-corrected chi connectivity index (χ3v) is 6.91. The molecule has 35 heavy (non-hydrogen) atoms. The van der Waals surface area contributed by atoms with E-state index in [1.807, 2.05) is 29.2 Å². The van der Waals surface area contributed by atoms with Crippen LogP contribution in [-0.4, -0.2) is 42.5 Å². The number of nitrogens with zero attached hydrogens (tertiary/aromatic N) is 2. The topological polar surface area (TPSA) is 78.7 Å². The number of alkyl halides is 3. The first-order chi connectivity index (χ1) is 16.5. The fourth-order valence-electron chi connectivity index (χ4n) is 4.70. The summed E-state index contributed by atoms with van der Waals surface area (Å²) in [5, 5.41) is 3.17. The number of rotatable bonds is 6. The van der Waals surface area contributed by atoms with Crippen LogP contribution < -0.4 is 16.0 Å². The number of anilines is 3. The lowest BCUT2D eigenvalue weighted by molar-refractivity contribution is -0.179. The molecule has 0 radical (unpaired) electrons. The lowest BCUT2D eigenvalue weighted by atomic mass is 9.96. The number of piperidine rings is 1. The number of primary amides is 1. The van der Waals surface area contributed by atoms with Gasteiger partial charge in [-0.25, -0.2) is 4.39 Å². The molecule has 188 valence electrons. The molecule has 1 atom stereocenters. The highest BCUT2D eigenvalue weighted by Crippen LogP contribution is 2.36. The fraction of sp³-hybridized carbons (Fsp3) is 0.440. The molecule has 0 bridgehead atoms. The number of benzene rings is 2. The van der Waals surface area contributed by atoms with Gasteiger partial charge < -0.3 is 20.9 Å². The van der Waals surface area contributed by atoms with Gasteiger partial charge >= 0.3 is 6.18 Å². The SMILES string of the molecule is Cc1c(Nc2ccc(N3CCC(C(F)(F)F)CC3)cc2)ccc(CN2CC(C(N)=O)CC2=O)c1F. The number of carbonyl (C=O) groups excluding carboxylic acids is 2. The average Bonchev–Trinajstić information content (AvgIpc) is 3.19. The zero-order valence-corrected chi connectivity index (χ0v) is 19.4. The third kappa shape index (κ3) is 5.52. The lowest BCUT2D eigenvalue weighted by Gasteiger charge is -2.34. The Kier molecular flexibility index (Phi) is 6.91. The average molecular weight is 493 g/mol. The van der Waals surface area contributed by atoms with E-state index in [1.54, 1.807) is 19.1 Å². The van der Waals surface area contributed by atoms with Crippen molar-refractivity contribution < 1.29 is 27.2 Å². The Morgan fingerprint density at radius 3 is 2.34 bits per heavy atom. The molecular weight excluding hydrogens is 464 g/mol. The van der Waals surface area contributed by atoms with Crippen molar-refractivity contribution in [3.05, 3.63) is 53.3 Å². The molecule has 2 aliphatic heterocycles. The largest absolute Gasteiger partial charge is 0.391 e. The van der Waals surface area contributed by atoms with Crippen molar-refractivity contribution >= 4 is 28.9 Å². The molecule has 6 nitrogen and oxygen atoms in total. The second-order valence-electron chi connectivity index (χ2n) is 9.26. The van der Waals surface area contributed by atoms with E-state index in [2.05, 4.69) is 5.32 Å². The Labute approximate surface area is 201 Å². The number of hydrogen-bond donors (Lipinski definition) is 2. The van der Waals surface area contributed by atoms with Crippen molar-refractivity contribution in [1.82, 2.24) is 4.90 Å². The molecule has 3 N–H and O–H groups in total. The van der Waals surface area contributed by atoms with Gasteiger partial charge in [-0.3, -0.25) is 9.59 Å². The van der Waals surface area contributed by atoms with Crippen LogP contribution in [0.5, 0.6) is 0 Å². The van der Waals surface area contributed by atoms with Crippen LogP contribution >= 0.6 is 0 Å². The van der Waals surface area contributed by atoms with E-state index in [0.717, 1.165) is 5.69 Å². The van der Waals surface area contributed by atoms with E-state index >= 15 is 4.39 Å². The van der Waals surface area contributed by atoms with Crippen LogP contribution in [0.1, 0.15) is 30.4 Å². The maximum Gasteiger partial charge on any atom is 0.391 e. The van der Waals surface area contributed by atoms with Crippen molar-refractivity contribution in [3.8, 4) is 0 Å². The van der Waals surface area contributed by atoms with Gasteiger partial charge in [0.15, 0.2) is 0 Å². The standard InChI is InChI=1S/C25H28F4N4O2/c1-15-21(7-2-16(23(15)26)13-33-14-17(24(30)35)12-22(33)34)31-19-3-5-20(6-4-19)32-10-8-18(9-11-32)25(27,28)29/h2-7,17-18,31H,8-14H2,1H3,(H2,30,35). The smallest absolute Gasteiger partial charge is 0.372 e. The first-order valence-electron chi connectivity index (χ1n) is 11.6. The summed E-state index contributed by atoms with van der Waals surface area (Å²) < 4.78 is 53.7. The van der Waals surface area contributed by atoms with Gasteiger partial charge in [0.1, 0.15) is 5.82 Å². The Morgan fingerprint density at radius 2 is 1.77 bits per heavy atom. The van der Waals surface area contributed by atoms with Crippen molar-refractivity contribution in [1.29, 1.82) is 0 Å². The van der Waals surface area contributed by atoms with Crippen LogP contribution in [0.25, 0.3) is 0 Å². The van der Waals surface area contributed by atoms with Gasteiger partial charge in [0.05, 0.1) is 11.8 Å². The van der Waals surface area contributed by atoms with Gasteiger partial charge in [-0.1, -0.05) is 6.07 Å². The quantitative estimate of drug-likeness (QED) is 0.583. The van der Waals surface area contributed by atoms with E-state index < -0.39 is 29.7 Å². The van der Waals surface area contributed by atoms with Crippen LogP contribution in [0.15, 0.2) is 36.4 Å². The first-order valence-corrected chi connectivity index (χ1v) is 11.6. The van der Waals surface area contributed by atoms with Crippen LogP contribution in [0.3, 0.4) is 0 Å². The van der Waals surface area contributed by atoms with Crippen LogP contribution in [-0.2, 0) is 16.1 Å². The third-order valence-electron chi connectivity index (χ3n) is 6.91. The number of amides is 2. The second-order valence-corrected chi connectivity index (χ2v) is 9.26. The van der Waals surface area contributed by atoms with Crippen molar-refractivity contribution in [2.24, 2.45) is 17.6 Å². The molecule has 10 heteroatoms. The molecule has 0 aromatic heterocycles. The fourth-order valence-corrected chi connectivity index (χ4v) is 4.70. The zero-order valence-electron chi connectivity index (χ0n) is 19.4. The van der Waals surface area contributed by atoms with Gasteiger partial charge in [-0.15, -0.1) is 0 Å². The monoisotopic (exact) mass is 492 g/mol. The maximum atomic E-state index is 15.1. The maximum absolute atomic E-state index is 15.1. The minimum Gasteiger partial charge on any atom is -0.372 e. The molecule has 2 amide bonds. The number of nitrogens with one attached hydrogen (secondary N) is 1. The molecule has 2 heterocycles. The van der Waals surface area contributed by atoms with Crippen molar-refractivity contribution in [2.45, 2.75) is 38.9 Å². The Morgan fingerprint density at radius 1 is 1.11 bits per heavy atom. The van der Waals surface area contributed by atoms with Crippen LogP contribution in [0, 0.1) is 24.6 Å². The Bertz CT molecular complexity index is 1100. The highest BCUT2D eigenvalue weighted by Gasteiger charge is 2.41. The molecule has 2 aromatic rings. The van der Waals surface area contributed by atoms with Crippen LogP contribution in [0.2, 0.25) is 0 Å². The predicted octanol–water partition coefficient (Wildman–Crippen LogP) is 4.49. The van der Waals surface area contributed by atoms with E-state index in [9.17, 15) is 22.8 Å². The number of hydrogen-bond acceptors (Lipinski definition) is 4. The predicted molar refractivity (Wildman–Crippen MR) is 125 cm³/mol. The molecular formula is C25H28F4N4O2. The van der Waals surface area contributed by atoms with E-state index in [4.69, 9.17) is 5.73 Å². The highest BCUT2D eigenvalue weighted by molar-refractivity contribution is 5.88. The van der Waals surface area contributed by atoms with Gasteiger partial charge in [0.25, 0.3) is 0 Å². The number of halogens is 4. The first kappa shape index (κ1) is 24.8. The van der Waals surface area contributed by atoms with E-state index in [0.29, 0.717) is 35.6 Å². The highest BCUT2D eigenvalue weighted by atomic mass is 19.4.